The number of aryl methyl sites for hydroxylation is 2. The van der Waals surface area contributed by atoms with Gasteiger partial charge in [0.05, 0.1) is 11.1 Å². The number of benzene rings is 2. The molecule has 0 radical (unpaired) electrons. The molecule has 0 atom stereocenters. The van der Waals surface area contributed by atoms with Crippen LogP contribution in [-0.4, -0.2) is 22.8 Å². The molecule has 2 aromatic rings. The van der Waals surface area contributed by atoms with E-state index >= 15 is 0 Å². The Labute approximate surface area is 135 Å². The summed E-state index contributed by atoms with van der Waals surface area (Å²) in [6, 6.07) is 13.1. The summed E-state index contributed by atoms with van der Waals surface area (Å²) in [6.45, 7) is 3.77. The van der Waals surface area contributed by atoms with E-state index in [1.165, 1.54) is 12.1 Å². The Morgan fingerprint density at radius 2 is 1.26 bits per heavy atom. The highest BCUT2D eigenvalue weighted by molar-refractivity contribution is 7.85. The molecule has 0 bridgehead atoms. The van der Waals surface area contributed by atoms with Gasteiger partial charge in [-0.05, 0) is 31.5 Å². The largest absolute Gasteiger partial charge is 0.329 e. The summed E-state index contributed by atoms with van der Waals surface area (Å²) in [5, 5.41) is 0. The van der Waals surface area contributed by atoms with Crippen molar-refractivity contribution in [2.75, 3.05) is 0 Å². The van der Waals surface area contributed by atoms with Crippen molar-refractivity contribution in [1.82, 2.24) is 0 Å². The molecule has 0 aliphatic rings. The number of rotatable bonds is 3. The predicted molar refractivity (Wildman–Crippen MR) is 87.9 cm³/mol. The second kappa shape index (κ2) is 7.86. The van der Waals surface area contributed by atoms with E-state index in [0.717, 1.165) is 11.1 Å². The van der Waals surface area contributed by atoms with Gasteiger partial charge in [0.15, 0.2) is 0 Å². The first-order valence-corrected chi connectivity index (χ1v) is 9.85. The lowest BCUT2D eigenvalue weighted by Gasteiger charge is -2.03. The Hall–Kier alpha value is -1.50. The van der Waals surface area contributed by atoms with Gasteiger partial charge in [-0.1, -0.05) is 47.5 Å². The van der Waals surface area contributed by atoms with Gasteiger partial charge in [-0.15, -0.1) is 0 Å². The van der Waals surface area contributed by atoms with Crippen molar-refractivity contribution in [2.45, 2.75) is 24.9 Å². The van der Waals surface area contributed by atoms with Crippen LogP contribution < -0.4 is 0 Å². The zero-order valence-corrected chi connectivity index (χ0v) is 14.5. The quantitative estimate of drug-likeness (QED) is 0.574. The van der Waals surface area contributed by atoms with E-state index < -0.39 is 17.7 Å². The van der Waals surface area contributed by atoms with Crippen LogP contribution in [0.3, 0.4) is 0 Å². The van der Waals surface area contributed by atoms with Crippen LogP contribution in [0.5, 0.6) is 0 Å². The van der Waals surface area contributed by atoms with Gasteiger partial charge in [-0.2, -0.15) is 8.42 Å². The lowest BCUT2D eigenvalue weighted by Crippen LogP contribution is -1.96. The highest BCUT2D eigenvalue weighted by Crippen LogP contribution is 2.38. The van der Waals surface area contributed by atoms with Crippen molar-refractivity contribution in [3.8, 4) is 0 Å². The minimum absolute atomic E-state index is 0.0666. The summed E-state index contributed by atoms with van der Waals surface area (Å²) in [5.74, 6) is 0. The molecule has 0 aliphatic carbocycles. The van der Waals surface area contributed by atoms with E-state index in [4.69, 9.17) is 14.3 Å². The second-order valence-electron chi connectivity index (χ2n) is 5.10. The maximum Gasteiger partial charge on any atom is 0.329 e. The Balaban J connectivity index is 0.000000231. The molecule has 6 nitrogen and oxygen atoms in total. The van der Waals surface area contributed by atoms with E-state index in [0.29, 0.717) is 5.56 Å². The van der Waals surface area contributed by atoms with Crippen LogP contribution in [0.4, 0.5) is 0 Å². The fourth-order valence-electron chi connectivity index (χ4n) is 1.64. The molecule has 0 aromatic heterocycles. The van der Waals surface area contributed by atoms with Gasteiger partial charge in [0, 0.05) is 0 Å². The van der Waals surface area contributed by atoms with E-state index in [9.17, 15) is 13.0 Å². The molecule has 0 fully saturated rings. The van der Waals surface area contributed by atoms with Crippen molar-refractivity contribution in [2.24, 2.45) is 0 Å². The average molecular weight is 358 g/mol. The molecule has 2 rings (SSSR count). The van der Waals surface area contributed by atoms with Crippen LogP contribution in [0.1, 0.15) is 16.7 Å². The predicted octanol–water partition coefficient (Wildman–Crippen LogP) is 2.91. The minimum Gasteiger partial charge on any atom is -0.324 e. The van der Waals surface area contributed by atoms with Crippen molar-refractivity contribution >= 4 is 17.7 Å². The van der Waals surface area contributed by atoms with Crippen molar-refractivity contribution < 1.29 is 27.3 Å². The molecule has 23 heavy (non-hydrogen) atoms. The average Bonchev–Trinajstić information content (AvgIpc) is 2.40. The molecule has 2 aromatic carbocycles. The zero-order chi connectivity index (χ0) is 17.7. The molecule has 8 heteroatoms. The lowest BCUT2D eigenvalue weighted by atomic mass is 10.2. The molecule has 126 valence electrons. The Morgan fingerprint density at radius 1 is 0.870 bits per heavy atom. The highest BCUT2D eigenvalue weighted by Gasteiger charge is 2.12. The molecule has 0 saturated carbocycles. The fraction of sp³-hybridized carbons (Fsp3) is 0.200. The number of hydrogen-bond acceptors (Lipinski definition) is 3. The summed E-state index contributed by atoms with van der Waals surface area (Å²) in [5.41, 5.74) is 2.72. The first-order valence-electron chi connectivity index (χ1n) is 6.62. The molecule has 0 saturated heterocycles. The summed E-state index contributed by atoms with van der Waals surface area (Å²) >= 11 is 0. The van der Waals surface area contributed by atoms with E-state index in [1.54, 1.807) is 24.3 Å². The standard InChI is InChI=1S/C8H11O3P.C7H8O3S/c1-7-2-4-8(5-3-7)6-12(9,10)11;1-6-2-4-7(5-3-6)11(8,9)10/h2-5H,6H2,1H3,(H2,9,10,11);2-5H,1H3,(H,8,9,10). The first-order chi connectivity index (χ1) is 10.5. The van der Waals surface area contributed by atoms with Gasteiger partial charge >= 0.3 is 7.60 Å². The van der Waals surface area contributed by atoms with E-state index in [2.05, 4.69) is 0 Å². The van der Waals surface area contributed by atoms with Gasteiger partial charge in [0.25, 0.3) is 10.1 Å². The highest BCUT2D eigenvalue weighted by atomic mass is 32.2. The van der Waals surface area contributed by atoms with Crippen molar-refractivity contribution in [3.63, 3.8) is 0 Å². The maximum atomic E-state index is 10.6. The maximum absolute atomic E-state index is 10.6. The van der Waals surface area contributed by atoms with Crippen molar-refractivity contribution in [1.29, 1.82) is 0 Å². The van der Waals surface area contributed by atoms with Crippen LogP contribution in [-0.2, 0) is 20.8 Å². The van der Waals surface area contributed by atoms with Gasteiger partial charge in [0.2, 0.25) is 0 Å². The third-order valence-electron chi connectivity index (χ3n) is 2.83. The van der Waals surface area contributed by atoms with Crippen LogP contribution in [0.2, 0.25) is 0 Å². The number of hydrogen-bond donors (Lipinski definition) is 3. The summed E-state index contributed by atoms with van der Waals surface area (Å²) < 4.78 is 40.1. The fourth-order valence-corrected chi connectivity index (χ4v) is 2.81. The third-order valence-corrected chi connectivity index (χ3v) is 4.47. The first kappa shape index (κ1) is 19.5. The minimum atomic E-state index is -4.02. The Morgan fingerprint density at radius 3 is 1.61 bits per heavy atom. The van der Waals surface area contributed by atoms with Crippen molar-refractivity contribution in [3.05, 3.63) is 65.2 Å². The molecular weight excluding hydrogens is 339 g/mol. The Bertz CT molecular complexity index is 776. The van der Waals surface area contributed by atoms with Gasteiger partial charge in [-0.25, -0.2) is 0 Å². The van der Waals surface area contributed by atoms with Crippen LogP contribution in [0.25, 0.3) is 0 Å². The molecule has 0 heterocycles. The molecule has 0 spiro atoms. The zero-order valence-electron chi connectivity index (χ0n) is 12.7. The van der Waals surface area contributed by atoms with E-state index in [1.807, 2.05) is 26.0 Å². The van der Waals surface area contributed by atoms with Crippen LogP contribution in [0.15, 0.2) is 53.4 Å². The van der Waals surface area contributed by atoms with Crippen LogP contribution in [0, 0.1) is 13.8 Å². The summed E-state index contributed by atoms with van der Waals surface area (Å²) in [6.07, 6.45) is -0.173. The van der Waals surface area contributed by atoms with E-state index in [-0.39, 0.29) is 11.1 Å². The molecular formula is C15H19O6PS. The molecule has 0 unspecified atom stereocenters. The smallest absolute Gasteiger partial charge is 0.324 e. The van der Waals surface area contributed by atoms with Gasteiger partial charge in [-0.3, -0.25) is 9.12 Å². The van der Waals surface area contributed by atoms with Gasteiger partial charge < -0.3 is 9.79 Å². The summed E-state index contributed by atoms with van der Waals surface area (Å²) in [7, 11) is -7.92. The monoisotopic (exact) mass is 358 g/mol. The van der Waals surface area contributed by atoms with Crippen LogP contribution >= 0.6 is 7.60 Å². The SMILES string of the molecule is Cc1ccc(CP(=O)(O)O)cc1.Cc1ccc(S(=O)(=O)O)cc1. The van der Waals surface area contributed by atoms with Gasteiger partial charge in [0.1, 0.15) is 0 Å². The molecule has 3 N–H and O–H groups in total. The molecule has 0 amide bonds. The Kier molecular flexibility index (Phi) is 6.68. The topological polar surface area (TPSA) is 112 Å². The second-order valence-corrected chi connectivity index (χ2v) is 8.16. The normalized spacial score (nSPS) is 11.5. The molecule has 0 aliphatic heterocycles. The summed E-state index contributed by atoms with van der Waals surface area (Å²) in [4.78, 5) is 17.2. The lowest BCUT2D eigenvalue weighted by molar-refractivity contribution is 0.371. The third kappa shape index (κ3) is 8.06.